The second kappa shape index (κ2) is 10.9. The van der Waals surface area contributed by atoms with Gasteiger partial charge in [-0.1, -0.05) is 30.3 Å². The number of hydrogen-bond donors (Lipinski definition) is 2. The lowest BCUT2D eigenvalue weighted by atomic mass is 10.0. The molecule has 1 aromatic heterocycles. The maximum absolute atomic E-state index is 12.6. The summed E-state index contributed by atoms with van der Waals surface area (Å²) >= 11 is 1.12. The van der Waals surface area contributed by atoms with Crippen molar-refractivity contribution in [2.75, 3.05) is 44.9 Å². The first-order chi connectivity index (χ1) is 17.0. The molecule has 3 aromatic rings. The van der Waals surface area contributed by atoms with Gasteiger partial charge in [0, 0.05) is 32.4 Å². The number of morpholine rings is 1. The van der Waals surface area contributed by atoms with E-state index in [1.165, 1.54) is 5.56 Å². The number of fused-ring (bicyclic) bond motifs is 1. The highest BCUT2D eigenvalue weighted by Gasteiger charge is 2.34. The number of rotatable bonds is 9. The van der Waals surface area contributed by atoms with Crippen LogP contribution in [0, 0.1) is 0 Å². The third-order valence-corrected chi connectivity index (χ3v) is 9.08. The van der Waals surface area contributed by atoms with Gasteiger partial charge in [-0.3, -0.25) is 9.69 Å². The average Bonchev–Trinajstić information content (AvgIpc) is 3.21. The average molecular weight is 553 g/mol. The van der Waals surface area contributed by atoms with E-state index < -0.39 is 36.8 Å². The Kier molecular flexibility index (Phi) is 8.07. The predicted molar refractivity (Wildman–Crippen MR) is 140 cm³/mol. The fourth-order valence-electron chi connectivity index (χ4n) is 3.95. The Morgan fingerprint density at radius 2 is 1.78 bits per heavy atom. The van der Waals surface area contributed by atoms with Crippen molar-refractivity contribution in [3.8, 4) is 11.1 Å². The van der Waals surface area contributed by atoms with Gasteiger partial charge in [0.05, 0.1) is 29.2 Å². The minimum Gasteiger partial charge on any atom is -0.379 e. The lowest BCUT2D eigenvalue weighted by Gasteiger charge is -2.26. The van der Waals surface area contributed by atoms with E-state index >= 15 is 0 Å². The molecule has 0 aliphatic carbocycles. The highest BCUT2D eigenvalue weighted by atomic mass is 32.2. The first kappa shape index (κ1) is 26.6. The fourth-order valence-corrected chi connectivity index (χ4v) is 6.89. The summed E-state index contributed by atoms with van der Waals surface area (Å²) in [5.41, 5.74) is 3.75. The smallest absolute Gasteiger partial charge is 0.245 e. The number of aromatic nitrogens is 1. The van der Waals surface area contributed by atoms with Gasteiger partial charge >= 0.3 is 0 Å². The van der Waals surface area contributed by atoms with Gasteiger partial charge in [-0.25, -0.2) is 27.0 Å². The molecule has 0 saturated carbocycles. The summed E-state index contributed by atoms with van der Waals surface area (Å²) in [6.45, 7) is 3.93. The van der Waals surface area contributed by atoms with Gasteiger partial charge in [-0.05, 0) is 28.8 Å². The summed E-state index contributed by atoms with van der Waals surface area (Å²) in [5.74, 6) is -1.33. The van der Waals surface area contributed by atoms with Gasteiger partial charge in [-0.2, -0.15) is 0 Å². The number of carbonyl (C=O) groups is 1. The number of nitrogens with one attached hydrogen (secondary N) is 1. The van der Waals surface area contributed by atoms with Crippen LogP contribution in [0.15, 0.2) is 42.5 Å². The summed E-state index contributed by atoms with van der Waals surface area (Å²) in [5, 5.41) is 5.86. The topological polar surface area (TPSA) is 149 Å². The molecule has 1 fully saturated rings. The van der Waals surface area contributed by atoms with E-state index in [0.717, 1.165) is 66.3 Å². The van der Waals surface area contributed by atoms with Gasteiger partial charge in [0.15, 0.2) is 15.1 Å². The maximum Gasteiger partial charge on any atom is 0.245 e. The molecule has 1 amide bonds. The lowest BCUT2D eigenvalue weighted by Crippen LogP contribution is -2.37. The SMILES string of the molecule is CS(=O)(=O)C(C(=O)NCCS(N)(=O)=O)c1nc2ccc(-c3ccc(CN4CCOCC4)cc3)cc2s1. The standard InChI is InChI=1S/C23H28N4O6S3/c1-35(29,30)21(22(28)25-8-13-36(24,31)32)23-26-19-7-6-18(14-20(19)34-23)17-4-2-16(3-5-17)15-27-9-11-33-12-10-27/h2-7,14,21H,8-13,15H2,1H3,(H,25,28)(H2,24,31,32). The van der Waals surface area contributed by atoms with E-state index in [1.807, 2.05) is 12.1 Å². The van der Waals surface area contributed by atoms with Crippen molar-refractivity contribution in [3.63, 3.8) is 0 Å². The van der Waals surface area contributed by atoms with Crippen LogP contribution in [0.2, 0.25) is 0 Å². The van der Waals surface area contributed by atoms with Crippen LogP contribution in [-0.4, -0.2) is 77.5 Å². The van der Waals surface area contributed by atoms with Crippen LogP contribution in [0.4, 0.5) is 0 Å². The Morgan fingerprint density at radius 3 is 2.42 bits per heavy atom. The van der Waals surface area contributed by atoms with Crippen molar-refractivity contribution in [1.29, 1.82) is 0 Å². The van der Waals surface area contributed by atoms with Crippen molar-refractivity contribution in [3.05, 3.63) is 53.0 Å². The fraction of sp³-hybridized carbons (Fsp3) is 0.391. The Morgan fingerprint density at radius 1 is 1.11 bits per heavy atom. The normalized spacial score (nSPS) is 16.2. The van der Waals surface area contributed by atoms with Crippen molar-refractivity contribution >= 4 is 47.3 Å². The molecule has 0 radical (unpaired) electrons. The number of nitrogens with zero attached hydrogens (tertiary/aromatic N) is 2. The molecule has 1 unspecified atom stereocenters. The van der Waals surface area contributed by atoms with E-state index in [4.69, 9.17) is 9.88 Å². The van der Waals surface area contributed by atoms with Gasteiger partial charge in [0.2, 0.25) is 15.9 Å². The molecular weight excluding hydrogens is 524 g/mol. The summed E-state index contributed by atoms with van der Waals surface area (Å²) in [6, 6.07) is 13.9. The first-order valence-electron chi connectivity index (χ1n) is 11.3. The zero-order valence-corrected chi connectivity index (χ0v) is 22.2. The van der Waals surface area contributed by atoms with Crippen LogP contribution >= 0.6 is 11.3 Å². The molecule has 0 spiro atoms. The second-order valence-electron chi connectivity index (χ2n) is 8.69. The van der Waals surface area contributed by atoms with E-state index in [2.05, 4.69) is 39.5 Å². The Balaban J connectivity index is 1.53. The zero-order valence-electron chi connectivity index (χ0n) is 19.7. The maximum atomic E-state index is 12.6. The number of nitrogens with two attached hydrogens (primary N) is 1. The van der Waals surface area contributed by atoms with E-state index in [1.54, 1.807) is 6.07 Å². The van der Waals surface area contributed by atoms with E-state index in [9.17, 15) is 21.6 Å². The quantitative estimate of drug-likeness (QED) is 0.403. The largest absolute Gasteiger partial charge is 0.379 e. The predicted octanol–water partition coefficient (Wildman–Crippen LogP) is 1.29. The van der Waals surface area contributed by atoms with E-state index in [-0.39, 0.29) is 11.6 Å². The minimum absolute atomic E-state index is 0.124. The lowest BCUT2D eigenvalue weighted by molar-refractivity contribution is -0.120. The molecule has 2 heterocycles. The summed E-state index contributed by atoms with van der Waals surface area (Å²) in [7, 11) is -7.66. The van der Waals surface area contributed by atoms with Crippen molar-refractivity contribution in [2.24, 2.45) is 5.14 Å². The summed E-state index contributed by atoms with van der Waals surface area (Å²) in [4.78, 5) is 19.4. The zero-order chi connectivity index (χ0) is 25.9. The number of carbonyl (C=O) groups excluding carboxylic acids is 1. The Labute approximate surface area is 214 Å². The van der Waals surface area contributed by atoms with Crippen LogP contribution in [-0.2, 0) is 35.9 Å². The number of benzene rings is 2. The van der Waals surface area contributed by atoms with Crippen molar-refractivity contribution in [1.82, 2.24) is 15.2 Å². The van der Waals surface area contributed by atoms with Gasteiger partial charge in [0.1, 0.15) is 5.01 Å². The highest BCUT2D eigenvalue weighted by molar-refractivity contribution is 7.91. The monoisotopic (exact) mass is 552 g/mol. The van der Waals surface area contributed by atoms with Crippen LogP contribution in [0.25, 0.3) is 21.3 Å². The number of thiazole rings is 1. The van der Waals surface area contributed by atoms with E-state index in [0.29, 0.717) is 5.52 Å². The molecule has 3 N–H and O–H groups in total. The van der Waals surface area contributed by atoms with Gasteiger partial charge in [0.25, 0.3) is 0 Å². The Hall–Kier alpha value is -2.42. The van der Waals surface area contributed by atoms with Gasteiger partial charge < -0.3 is 10.1 Å². The van der Waals surface area contributed by atoms with Crippen LogP contribution in [0.3, 0.4) is 0 Å². The third kappa shape index (κ3) is 6.87. The first-order valence-corrected chi connectivity index (χ1v) is 15.8. The number of sulfone groups is 1. The number of amides is 1. The third-order valence-electron chi connectivity index (χ3n) is 5.78. The molecule has 1 aliphatic heterocycles. The van der Waals surface area contributed by atoms with Gasteiger partial charge in [-0.15, -0.1) is 11.3 Å². The van der Waals surface area contributed by atoms with Crippen molar-refractivity contribution < 1.29 is 26.4 Å². The summed E-state index contributed by atoms with van der Waals surface area (Å²) < 4.78 is 53.2. The number of hydrogen-bond acceptors (Lipinski definition) is 9. The molecule has 13 heteroatoms. The molecule has 194 valence electrons. The van der Waals surface area contributed by atoms with Crippen molar-refractivity contribution in [2.45, 2.75) is 11.8 Å². The molecule has 2 aromatic carbocycles. The molecule has 4 rings (SSSR count). The van der Waals surface area contributed by atoms with Crippen LogP contribution < -0.4 is 10.5 Å². The minimum atomic E-state index is -3.87. The van der Waals surface area contributed by atoms with Crippen LogP contribution in [0.5, 0.6) is 0 Å². The molecule has 10 nitrogen and oxygen atoms in total. The van der Waals surface area contributed by atoms with Crippen LogP contribution in [0.1, 0.15) is 15.8 Å². The number of primary sulfonamides is 1. The number of ether oxygens (including phenoxy) is 1. The molecule has 36 heavy (non-hydrogen) atoms. The second-order valence-corrected chi connectivity index (χ2v) is 13.6. The molecule has 1 atom stereocenters. The summed E-state index contributed by atoms with van der Waals surface area (Å²) in [6.07, 6.45) is 0.951. The molecular formula is C23H28N4O6S3. The Bertz CT molecular complexity index is 1450. The molecule has 1 aliphatic rings. The number of sulfonamides is 1. The molecule has 0 bridgehead atoms. The highest BCUT2D eigenvalue weighted by Crippen LogP contribution is 2.33. The molecule has 1 saturated heterocycles.